The number of rotatable bonds is 5. The van der Waals surface area contributed by atoms with Crippen LogP contribution in [0.25, 0.3) is 11.3 Å². The third kappa shape index (κ3) is 4.43. The molecule has 0 saturated carbocycles. The van der Waals surface area contributed by atoms with Crippen molar-refractivity contribution in [2.24, 2.45) is 0 Å². The number of hydrogen-bond acceptors (Lipinski definition) is 6. The van der Waals surface area contributed by atoms with Gasteiger partial charge < -0.3 is 14.2 Å². The average Bonchev–Trinajstić information content (AvgIpc) is 3.34. The van der Waals surface area contributed by atoms with Gasteiger partial charge in [-0.1, -0.05) is 6.07 Å². The zero-order chi connectivity index (χ0) is 20.4. The predicted molar refractivity (Wildman–Crippen MR) is 99.2 cm³/mol. The smallest absolute Gasteiger partial charge is 0.416 e. The fourth-order valence-electron chi connectivity index (χ4n) is 2.59. The van der Waals surface area contributed by atoms with Crippen LogP contribution < -0.4 is 19.5 Å². The number of benzene rings is 2. The van der Waals surface area contributed by atoms with Crippen LogP contribution in [-0.4, -0.2) is 24.3 Å². The van der Waals surface area contributed by atoms with Crippen molar-refractivity contribution in [3.63, 3.8) is 0 Å². The third-order valence-electron chi connectivity index (χ3n) is 3.95. The van der Waals surface area contributed by atoms with Crippen molar-refractivity contribution in [1.82, 2.24) is 4.98 Å². The summed E-state index contributed by atoms with van der Waals surface area (Å²) in [5.74, 6) is 0.698. The van der Waals surface area contributed by atoms with Crippen molar-refractivity contribution >= 4 is 22.4 Å². The molecule has 1 amide bonds. The van der Waals surface area contributed by atoms with E-state index >= 15 is 0 Å². The second-order valence-corrected chi connectivity index (χ2v) is 6.83. The summed E-state index contributed by atoms with van der Waals surface area (Å²) in [6, 6.07) is 9.73. The van der Waals surface area contributed by atoms with E-state index in [-0.39, 0.29) is 12.5 Å². The quantitative estimate of drug-likeness (QED) is 0.652. The lowest BCUT2D eigenvalue weighted by atomic mass is 10.1. The monoisotopic (exact) mass is 422 g/mol. The van der Waals surface area contributed by atoms with Crippen LogP contribution in [0.5, 0.6) is 17.2 Å². The summed E-state index contributed by atoms with van der Waals surface area (Å²) < 4.78 is 53.9. The van der Waals surface area contributed by atoms with E-state index in [1.165, 1.54) is 23.5 Å². The fourth-order valence-corrected chi connectivity index (χ4v) is 3.32. The lowest BCUT2D eigenvalue weighted by Gasteiger charge is -2.09. The van der Waals surface area contributed by atoms with Crippen molar-refractivity contribution in [3.05, 3.63) is 53.4 Å². The molecule has 2 heterocycles. The fraction of sp³-hybridized carbons (Fsp3) is 0.158. The number of halogens is 3. The van der Waals surface area contributed by atoms with E-state index in [2.05, 4.69) is 10.3 Å². The highest BCUT2D eigenvalue weighted by Gasteiger charge is 2.30. The molecule has 0 radical (unpaired) electrons. The van der Waals surface area contributed by atoms with Crippen molar-refractivity contribution in [1.29, 1.82) is 0 Å². The van der Waals surface area contributed by atoms with Gasteiger partial charge in [0.15, 0.2) is 23.2 Å². The predicted octanol–water partition coefficient (Wildman–Crippen LogP) is 4.58. The van der Waals surface area contributed by atoms with Crippen LogP contribution in [0.15, 0.2) is 47.8 Å². The maximum atomic E-state index is 12.7. The minimum atomic E-state index is -4.48. The molecule has 0 bridgehead atoms. The van der Waals surface area contributed by atoms with Gasteiger partial charge in [0.05, 0.1) is 11.3 Å². The summed E-state index contributed by atoms with van der Waals surface area (Å²) in [5, 5.41) is 4.67. The normalized spacial score (nSPS) is 12.7. The zero-order valence-electron chi connectivity index (χ0n) is 14.7. The van der Waals surface area contributed by atoms with Crippen LogP contribution in [0.3, 0.4) is 0 Å². The molecule has 3 aromatic rings. The van der Waals surface area contributed by atoms with Gasteiger partial charge in [0.1, 0.15) is 5.75 Å². The first-order valence-corrected chi connectivity index (χ1v) is 9.22. The number of nitrogens with zero attached hydrogens (tertiary/aromatic N) is 1. The van der Waals surface area contributed by atoms with Gasteiger partial charge in [-0.25, -0.2) is 4.98 Å². The number of anilines is 1. The van der Waals surface area contributed by atoms with Gasteiger partial charge in [0.2, 0.25) is 6.79 Å². The van der Waals surface area contributed by atoms with Crippen molar-refractivity contribution < 1.29 is 32.2 Å². The standard InChI is InChI=1S/C19H13F3N2O4S/c20-19(21,22)12-2-1-3-13(7-12)26-8-17(25)24-18-23-14(9-29-18)11-4-5-15-16(6-11)28-10-27-15/h1-7,9H,8,10H2,(H,23,24,25). The molecule has 2 aromatic carbocycles. The van der Waals surface area contributed by atoms with E-state index in [9.17, 15) is 18.0 Å². The van der Waals surface area contributed by atoms with Crippen LogP contribution in [0.4, 0.5) is 18.3 Å². The molecule has 10 heteroatoms. The maximum Gasteiger partial charge on any atom is 0.416 e. The van der Waals surface area contributed by atoms with Crippen molar-refractivity contribution in [2.45, 2.75) is 6.18 Å². The molecular formula is C19H13F3N2O4S. The third-order valence-corrected chi connectivity index (χ3v) is 4.71. The van der Waals surface area contributed by atoms with Gasteiger partial charge in [0, 0.05) is 10.9 Å². The van der Waals surface area contributed by atoms with E-state index in [0.29, 0.717) is 22.3 Å². The number of ether oxygens (including phenoxy) is 3. The molecule has 0 aliphatic carbocycles. The van der Waals surface area contributed by atoms with E-state index in [1.54, 1.807) is 17.5 Å². The Hall–Kier alpha value is -3.27. The van der Waals surface area contributed by atoms with E-state index in [0.717, 1.165) is 17.7 Å². The first kappa shape index (κ1) is 19.1. The van der Waals surface area contributed by atoms with Crippen LogP contribution in [0, 0.1) is 0 Å². The Morgan fingerprint density at radius 2 is 2.00 bits per heavy atom. The first-order chi connectivity index (χ1) is 13.9. The Balaban J connectivity index is 1.36. The van der Waals surface area contributed by atoms with Gasteiger partial charge in [-0.2, -0.15) is 13.2 Å². The maximum absolute atomic E-state index is 12.7. The van der Waals surface area contributed by atoms with Crippen LogP contribution in [0.2, 0.25) is 0 Å². The first-order valence-electron chi connectivity index (χ1n) is 8.34. The molecule has 1 aromatic heterocycles. The Kier molecular flexibility index (Phi) is 5.01. The Bertz CT molecular complexity index is 1050. The Morgan fingerprint density at radius 1 is 1.17 bits per heavy atom. The van der Waals surface area contributed by atoms with Gasteiger partial charge in [-0.05, 0) is 36.4 Å². The number of hydrogen-bond donors (Lipinski definition) is 1. The largest absolute Gasteiger partial charge is 0.484 e. The number of aromatic nitrogens is 1. The number of amides is 1. The number of carbonyl (C=O) groups is 1. The summed E-state index contributed by atoms with van der Waals surface area (Å²) in [5.41, 5.74) is 0.595. The minimum Gasteiger partial charge on any atom is -0.484 e. The molecule has 29 heavy (non-hydrogen) atoms. The number of thiazole rings is 1. The molecule has 4 rings (SSSR count). The van der Waals surface area contributed by atoms with Crippen LogP contribution in [0.1, 0.15) is 5.56 Å². The van der Waals surface area contributed by atoms with Gasteiger partial charge in [-0.3, -0.25) is 10.1 Å². The second kappa shape index (κ2) is 7.63. The molecular weight excluding hydrogens is 409 g/mol. The Labute approximate surface area is 166 Å². The lowest BCUT2D eigenvalue weighted by Crippen LogP contribution is -2.20. The summed E-state index contributed by atoms with van der Waals surface area (Å²) in [6.07, 6.45) is -4.48. The summed E-state index contributed by atoms with van der Waals surface area (Å²) in [7, 11) is 0. The molecule has 1 aliphatic rings. The van der Waals surface area contributed by atoms with Gasteiger partial charge >= 0.3 is 6.18 Å². The lowest BCUT2D eigenvalue weighted by molar-refractivity contribution is -0.137. The summed E-state index contributed by atoms with van der Waals surface area (Å²) >= 11 is 1.21. The molecule has 0 spiro atoms. The zero-order valence-corrected chi connectivity index (χ0v) is 15.5. The highest BCUT2D eigenvalue weighted by atomic mass is 32.1. The van der Waals surface area contributed by atoms with E-state index in [4.69, 9.17) is 14.2 Å². The van der Waals surface area contributed by atoms with Crippen molar-refractivity contribution in [2.75, 3.05) is 18.7 Å². The number of nitrogens with one attached hydrogen (secondary N) is 1. The van der Waals surface area contributed by atoms with E-state index in [1.807, 2.05) is 6.07 Å². The van der Waals surface area contributed by atoms with Gasteiger partial charge in [-0.15, -0.1) is 11.3 Å². The molecule has 0 fully saturated rings. The average molecular weight is 422 g/mol. The molecule has 1 N–H and O–H groups in total. The number of carbonyl (C=O) groups excluding carboxylic acids is 1. The summed E-state index contributed by atoms with van der Waals surface area (Å²) in [6.45, 7) is -0.275. The molecule has 0 unspecified atom stereocenters. The molecule has 0 atom stereocenters. The molecule has 150 valence electrons. The molecule has 0 saturated heterocycles. The van der Waals surface area contributed by atoms with E-state index < -0.39 is 24.3 Å². The number of alkyl halides is 3. The summed E-state index contributed by atoms with van der Waals surface area (Å²) in [4.78, 5) is 16.4. The topological polar surface area (TPSA) is 69.7 Å². The van der Waals surface area contributed by atoms with Crippen LogP contribution >= 0.6 is 11.3 Å². The Morgan fingerprint density at radius 3 is 2.83 bits per heavy atom. The second-order valence-electron chi connectivity index (χ2n) is 5.97. The van der Waals surface area contributed by atoms with Crippen LogP contribution in [-0.2, 0) is 11.0 Å². The molecule has 1 aliphatic heterocycles. The minimum absolute atomic E-state index is 0.0461. The van der Waals surface area contributed by atoms with Crippen molar-refractivity contribution in [3.8, 4) is 28.5 Å². The SMILES string of the molecule is O=C(COc1cccc(C(F)(F)F)c1)Nc1nc(-c2ccc3c(c2)OCO3)cs1. The highest BCUT2D eigenvalue weighted by Crippen LogP contribution is 2.36. The number of fused-ring (bicyclic) bond motifs is 1. The molecule has 6 nitrogen and oxygen atoms in total. The van der Waals surface area contributed by atoms with Gasteiger partial charge in [0.25, 0.3) is 5.91 Å². The highest BCUT2D eigenvalue weighted by molar-refractivity contribution is 7.14.